The summed E-state index contributed by atoms with van der Waals surface area (Å²) in [6.45, 7) is 4.09. The summed E-state index contributed by atoms with van der Waals surface area (Å²) in [5.74, 6) is 0.433. The second-order valence-electron chi connectivity index (χ2n) is 6.22. The van der Waals surface area contributed by atoms with Crippen LogP contribution in [0.2, 0.25) is 0 Å². The quantitative estimate of drug-likeness (QED) is 0.466. The third-order valence-corrected chi connectivity index (χ3v) is 4.01. The van der Waals surface area contributed by atoms with Gasteiger partial charge in [0.25, 0.3) is 0 Å². The molecule has 0 bridgehead atoms. The number of hydrogen-bond donors (Lipinski definition) is 0. The van der Waals surface area contributed by atoms with Gasteiger partial charge in [-0.15, -0.1) is 0 Å². The van der Waals surface area contributed by atoms with Crippen molar-refractivity contribution in [3.05, 3.63) is 77.7 Å². The van der Waals surface area contributed by atoms with Crippen molar-refractivity contribution in [1.29, 1.82) is 0 Å². The van der Waals surface area contributed by atoms with E-state index in [1.807, 2.05) is 44.2 Å². The molecule has 1 heterocycles. The van der Waals surface area contributed by atoms with Crippen LogP contribution in [0.3, 0.4) is 0 Å². The molecule has 1 aromatic heterocycles. The predicted octanol–water partition coefficient (Wildman–Crippen LogP) is 5.29. The first-order chi connectivity index (χ1) is 12.6. The number of benzene rings is 2. The maximum atomic E-state index is 13.4. The minimum Gasteiger partial charge on any atom is -0.299 e. The van der Waals surface area contributed by atoms with Crippen LogP contribution in [0.4, 0.5) is 4.39 Å². The Labute approximate surface area is 152 Å². The van der Waals surface area contributed by atoms with Crippen LogP contribution < -0.4 is 0 Å². The Bertz CT molecular complexity index is 932. The van der Waals surface area contributed by atoms with E-state index in [2.05, 4.69) is 0 Å². The minimum absolute atomic E-state index is 0.131. The van der Waals surface area contributed by atoms with Crippen LogP contribution in [0.25, 0.3) is 28.7 Å². The van der Waals surface area contributed by atoms with Crippen molar-refractivity contribution < 1.29 is 9.18 Å². The molecule has 3 rings (SSSR count). The van der Waals surface area contributed by atoms with E-state index in [4.69, 9.17) is 9.97 Å². The molecule has 3 nitrogen and oxygen atoms in total. The molecule has 0 fully saturated rings. The first kappa shape index (κ1) is 17.7. The van der Waals surface area contributed by atoms with Crippen molar-refractivity contribution in [3.63, 3.8) is 0 Å². The molecule has 130 valence electrons. The van der Waals surface area contributed by atoms with Gasteiger partial charge in [-0.25, -0.2) is 14.4 Å². The van der Waals surface area contributed by atoms with Crippen LogP contribution in [-0.2, 0) is 4.79 Å². The fourth-order valence-electron chi connectivity index (χ4n) is 2.77. The highest BCUT2D eigenvalue weighted by molar-refractivity contribution is 5.81. The standard InChI is InChI=1S/C22H19FN2O/c1-15(2)20-19(9-6-14-26)21(16-10-12-18(23)13-11-16)25-22(24-20)17-7-4-3-5-8-17/h3-15H,1-2H3/b9-6+. The average Bonchev–Trinajstić information content (AvgIpc) is 2.67. The van der Waals surface area contributed by atoms with Gasteiger partial charge in [0, 0.05) is 16.7 Å². The Kier molecular flexibility index (Phi) is 5.32. The van der Waals surface area contributed by atoms with E-state index >= 15 is 0 Å². The third kappa shape index (κ3) is 3.75. The van der Waals surface area contributed by atoms with Crippen molar-refractivity contribution in [3.8, 4) is 22.6 Å². The summed E-state index contributed by atoms with van der Waals surface area (Å²) in [6, 6.07) is 15.9. The lowest BCUT2D eigenvalue weighted by Crippen LogP contribution is -2.05. The van der Waals surface area contributed by atoms with Crippen molar-refractivity contribution in [2.45, 2.75) is 19.8 Å². The number of halogens is 1. The molecule has 0 saturated carbocycles. The summed E-state index contributed by atoms with van der Waals surface area (Å²) in [4.78, 5) is 20.3. The van der Waals surface area contributed by atoms with Gasteiger partial charge in [-0.05, 0) is 42.3 Å². The van der Waals surface area contributed by atoms with Gasteiger partial charge in [-0.3, -0.25) is 4.79 Å². The minimum atomic E-state index is -0.305. The number of aldehydes is 1. The van der Waals surface area contributed by atoms with Gasteiger partial charge in [-0.2, -0.15) is 0 Å². The molecule has 0 atom stereocenters. The summed E-state index contributed by atoms with van der Waals surface area (Å²) in [6.07, 6.45) is 3.87. The van der Waals surface area contributed by atoms with Gasteiger partial charge in [0.15, 0.2) is 5.82 Å². The Morgan fingerprint density at radius 3 is 2.23 bits per heavy atom. The largest absolute Gasteiger partial charge is 0.299 e. The second-order valence-corrected chi connectivity index (χ2v) is 6.22. The number of hydrogen-bond acceptors (Lipinski definition) is 3. The molecule has 3 aromatic rings. The summed E-state index contributed by atoms with van der Waals surface area (Å²) < 4.78 is 13.4. The Morgan fingerprint density at radius 1 is 0.923 bits per heavy atom. The van der Waals surface area contributed by atoms with Crippen LogP contribution in [0, 0.1) is 5.82 Å². The highest BCUT2D eigenvalue weighted by Gasteiger charge is 2.17. The monoisotopic (exact) mass is 346 g/mol. The molecule has 0 amide bonds. The molecule has 0 saturated heterocycles. The highest BCUT2D eigenvalue weighted by atomic mass is 19.1. The van der Waals surface area contributed by atoms with Crippen LogP contribution >= 0.6 is 0 Å². The zero-order valence-electron chi connectivity index (χ0n) is 14.7. The lowest BCUT2D eigenvalue weighted by molar-refractivity contribution is -0.104. The van der Waals surface area contributed by atoms with Crippen molar-refractivity contribution in [2.24, 2.45) is 0 Å². The van der Waals surface area contributed by atoms with E-state index in [-0.39, 0.29) is 11.7 Å². The number of carbonyl (C=O) groups excluding carboxylic acids is 1. The Morgan fingerprint density at radius 2 is 1.62 bits per heavy atom. The molecule has 0 N–H and O–H groups in total. The lowest BCUT2D eigenvalue weighted by atomic mass is 9.97. The van der Waals surface area contributed by atoms with E-state index in [1.165, 1.54) is 18.2 Å². The average molecular weight is 346 g/mol. The van der Waals surface area contributed by atoms with Gasteiger partial charge in [0.05, 0.1) is 11.4 Å². The first-order valence-corrected chi connectivity index (χ1v) is 8.45. The van der Waals surface area contributed by atoms with Crippen LogP contribution in [0.15, 0.2) is 60.7 Å². The Balaban J connectivity index is 2.30. The fraction of sp³-hybridized carbons (Fsp3) is 0.136. The number of aromatic nitrogens is 2. The van der Waals surface area contributed by atoms with Gasteiger partial charge in [0.2, 0.25) is 0 Å². The van der Waals surface area contributed by atoms with Gasteiger partial charge < -0.3 is 0 Å². The number of carbonyl (C=O) groups is 1. The molecule has 0 spiro atoms. The van der Waals surface area contributed by atoms with E-state index < -0.39 is 0 Å². The molecule has 0 aliphatic rings. The maximum Gasteiger partial charge on any atom is 0.160 e. The van der Waals surface area contributed by atoms with E-state index in [0.29, 0.717) is 11.5 Å². The maximum absolute atomic E-state index is 13.4. The summed E-state index contributed by atoms with van der Waals surface area (Å²) in [5, 5.41) is 0. The molecule has 2 aromatic carbocycles. The first-order valence-electron chi connectivity index (χ1n) is 8.45. The molecule has 0 aliphatic heterocycles. The number of allylic oxidation sites excluding steroid dienone is 1. The molecule has 4 heteroatoms. The molecule has 0 radical (unpaired) electrons. The normalized spacial score (nSPS) is 11.2. The molecule has 0 unspecified atom stereocenters. The van der Waals surface area contributed by atoms with Crippen LogP contribution in [0.5, 0.6) is 0 Å². The second kappa shape index (κ2) is 7.83. The predicted molar refractivity (Wildman–Crippen MR) is 102 cm³/mol. The lowest BCUT2D eigenvalue weighted by Gasteiger charge is -2.16. The van der Waals surface area contributed by atoms with Crippen LogP contribution in [-0.4, -0.2) is 16.3 Å². The van der Waals surface area contributed by atoms with Gasteiger partial charge in [-0.1, -0.05) is 44.2 Å². The van der Waals surface area contributed by atoms with Crippen molar-refractivity contribution >= 4 is 12.4 Å². The highest BCUT2D eigenvalue weighted by Crippen LogP contribution is 2.31. The zero-order chi connectivity index (χ0) is 18.5. The fourth-order valence-corrected chi connectivity index (χ4v) is 2.77. The smallest absolute Gasteiger partial charge is 0.160 e. The molecule has 26 heavy (non-hydrogen) atoms. The molecule has 0 aliphatic carbocycles. The summed E-state index contributed by atoms with van der Waals surface area (Å²) >= 11 is 0. The van der Waals surface area contributed by atoms with Gasteiger partial charge >= 0.3 is 0 Å². The van der Waals surface area contributed by atoms with Gasteiger partial charge in [0.1, 0.15) is 12.1 Å². The zero-order valence-corrected chi connectivity index (χ0v) is 14.7. The number of rotatable bonds is 5. The topological polar surface area (TPSA) is 42.9 Å². The number of nitrogens with zero attached hydrogens (tertiary/aromatic N) is 2. The van der Waals surface area contributed by atoms with Crippen LogP contribution in [0.1, 0.15) is 31.0 Å². The van der Waals surface area contributed by atoms with E-state index in [9.17, 15) is 9.18 Å². The SMILES string of the molecule is CC(C)c1nc(-c2ccccc2)nc(-c2ccc(F)cc2)c1/C=C/C=O. The van der Waals surface area contributed by atoms with Crippen molar-refractivity contribution in [1.82, 2.24) is 9.97 Å². The summed E-state index contributed by atoms with van der Waals surface area (Å²) in [7, 11) is 0. The Hall–Kier alpha value is -3.14. The third-order valence-electron chi connectivity index (χ3n) is 4.01. The van der Waals surface area contributed by atoms with Crippen molar-refractivity contribution in [2.75, 3.05) is 0 Å². The molecular formula is C22H19FN2O. The molecular weight excluding hydrogens is 327 g/mol. The van der Waals surface area contributed by atoms with E-state index in [0.717, 1.165) is 28.7 Å². The van der Waals surface area contributed by atoms with E-state index in [1.54, 1.807) is 18.2 Å². The summed E-state index contributed by atoms with van der Waals surface area (Å²) in [5.41, 5.74) is 3.98.